The summed E-state index contributed by atoms with van der Waals surface area (Å²) in [4.78, 5) is 10.8. The van der Waals surface area contributed by atoms with Crippen LogP contribution in [-0.2, 0) is 21.2 Å². The number of hydrogen-bond donors (Lipinski definition) is 1. The molecule has 0 spiro atoms. The van der Waals surface area contributed by atoms with Crippen molar-refractivity contribution in [2.75, 3.05) is 18.1 Å². The van der Waals surface area contributed by atoms with Gasteiger partial charge in [-0.25, -0.2) is 8.42 Å². The van der Waals surface area contributed by atoms with E-state index >= 15 is 0 Å². The lowest BCUT2D eigenvalue weighted by Crippen LogP contribution is -2.44. The van der Waals surface area contributed by atoms with Gasteiger partial charge in [0.05, 0.1) is 11.3 Å². The SMILES string of the molecule is CC1CSCCN1S(=O)(=O)c1ccc(CC(=O)O)cc1. The monoisotopic (exact) mass is 315 g/mol. The minimum atomic E-state index is -3.48. The van der Waals surface area contributed by atoms with Crippen LogP contribution < -0.4 is 0 Å². The highest BCUT2D eigenvalue weighted by Gasteiger charge is 2.31. The first-order valence-corrected chi connectivity index (χ1v) is 8.91. The molecule has 1 N–H and O–H groups in total. The molecule has 1 saturated heterocycles. The van der Waals surface area contributed by atoms with Gasteiger partial charge in [-0.1, -0.05) is 12.1 Å². The number of benzene rings is 1. The van der Waals surface area contributed by atoms with Gasteiger partial charge in [0, 0.05) is 24.1 Å². The molecule has 20 heavy (non-hydrogen) atoms. The van der Waals surface area contributed by atoms with Crippen molar-refractivity contribution >= 4 is 27.8 Å². The molecule has 1 aliphatic rings. The molecule has 2 rings (SSSR count). The van der Waals surface area contributed by atoms with Crippen molar-refractivity contribution in [3.8, 4) is 0 Å². The Balaban J connectivity index is 2.23. The summed E-state index contributed by atoms with van der Waals surface area (Å²) in [6, 6.07) is 6.08. The zero-order valence-corrected chi connectivity index (χ0v) is 12.8. The Morgan fingerprint density at radius 2 is 2.05 bits per heavy atom. The molecule has 0 saturated carbocycles. The number of hydrogen-bond acceptors (Lipinski definition) is 4. The largest absolute Gasteiger partial charge is 0.481 e. The smallest absolute Gasteiger partial charge is 0.307 e. The number of thioether (sulfide) groups is 1. The molecule has 1 aliphatic heterocycles. The first-order valence-electron chi connectivity index (χ1n) is 6.31. The Hall–Kier alpha value is -1.05. The molecule has 1 unspecified atom stereocenters. The van der Waals surface area contributed by atoms with Gasteiger partial charge in [0.2, 0.25) is 10.0 Å². The lowest BCUT2D eigenvalue weighted by Gasteiger charge is -2.31. The van der Waals surface area contributed by atoms with Gasteiger partial charge in [0.15, 0.2) is 0 Å². The standard InChI is InChI=1S/C13H17NO4S2/c1-10-9-19-7-6-14(10)20(17,18)12-4-2-11(3-5-12)8-13(15)16/h2-5,10H,6-9H2,1H3,(H,15,16). The van der Waals surface area contributed by atoms with Crippen LogP contribution in [0.3, 0.4) is 0 Å². The Labute approximate surface area is 123 Å². The van der Waals surface area contributed by atoms with Crippen LogP contribution in [0.25, 0.3) is 0 Å². The first-order chi connectivity index (χ1) is 9.41. The summed E-state index contributed by atoms with van der Waals surface area (Å²) in [6.07, 6.45) is -0.100. The molecule has 110 valence electrons. The Morgan fingerprint density at radius 1 is 1.40 bits per heavy atom. The number of sulfonamides is 1. The van der Waals surface area contributed by atoms with E-state index in [9.17, 15) is 13.2 Å². The van der Waals surface area contributed by atoms with E-state index in [2.05, 4.69) is 0 Å². The van der Waals surface area contributed by atoms with Crippen LogP contribution >= 0.6 is 11.8 Å². The minimum Gasteiger partial charge on any atom is -0.481 e. The second kappa shape index (κ2) is 6.15. The Morgan fingerprint density at radius 3 is 2.60 bits per heavy atom. The maximum absolute atomic E-state index is 12.5. The topological polar surface area (TPSA) is 74.7 Å². The number of aliphatic carboxylic acids is 1. The van der Waals surface area contributed by atoms with Gasteiger partial charge in [0.1, 0.15) is 0 Å². The van der Waals surface area contributed by atoms with Gasteiger partial charge in [-0.15, -0.1) is 0 Å². The van der Waals surface area contributed by atoms with E-state index < -0.39 is 16.0 Å². The third-order valence-corrected chi connectivity index (χ3v) is 6.41. The molecule has 5 nitrogen and oxygen atoms in total. The van der Waals surface area contributed by atoms with Gasteiger partial charge in [0.25, 0.3) is 0 Å². The van der Waals surface area contributed by atoms with E-state index in [0.29, 0.717) is 12.1 Å². The summed E-state index contributed by atoms with van der Waals surface area (Å²) >= 11 is 1.76. The van der Waals surface area contributed by atoms with Crippen molar-refractivity contribution in [3.63, 3.8) is 0 Å². The highest BCUT2D eigenvalue weighted by molar-refractivity contribution is 7.99. The fourth-order valence-corrected chi connectivity index (χ4v) is 5.01. The summed E-state index contributed by atoms with van der Waals surface area (Å²) in [6.45, 7) is 2.42. The average molecular weight is 315 g/mol. The number of carboxylic acids is 1. The van der Waals surface area contributed by atoms with Crippen molar-refractivity contribution in [1.82, 2.24) is 4.31 Å². The van der Waals surface area contributed by atoms with Crippen molar-refractivity contribution in [2.24, 2.45) is 0 Å². The number of carbonyl (C=O) groups is 1. The predicted octanol–water partition coefficient (Wildman–Crippen LogP) is 1.44. The molecule has 0 amide bonds. The quantitative estimate of drug-likeness (QED) is 0.910. The van der Waals surface area contributed by atoms with Crippen LogP contribution in [0.5, 0.6) is 0 Å². The lowest BCUT2D eigenvalue weighted by molar-refractivity contribution is -0.136. The average Bonchev–Trinajstić information content (AvgIpc) is 2.39. The third kappa shape index (κ3) is 3.34. The molecule has 7 heteroatoms. The number of rotatable bonds is 4. The molecule has 1 heterocycles. The molecule has 1 aromatic rings. The fraction of sp³-hybridized carbons (Fsp3) is 0.462. The van der Waals surface area contributed by atoms with Gasteiger partial charge in [-0.2, -0.15) is 16.1 Å². The van der Waals surface area contributed by atoms with Crippen molar-refractivity contribution < 1.29 is 18.3 Å². The van der Waals surface area contributed by atoms with Gasteiger partial charge in [-0.05, 0) is 24.6 Å². The van der Waals surface area contributed by atoms with E-state index in [1.165, 1.54) is 16.4 Å². The molecule has 0 aliphatic carbocycles. The van der Waals surface area contributed by atoms with E-state index in [1.807, 2.05) is 6.92 Å². The second-order valence-electron chi connectivity index (χ2n) is 4.75. The van der Waals surface area contributed by atoms with Crippen molar-refractivity contribution in [3.05, 3.63) is 29.8 Å². The molecular weight excluding hydrogens is 298 g/mol. The van der Waals surface area contributed by atoms with Crippen molar-refractivity contribution in [1.29, 1.82) is 0 Å². The van der Waals surface area contributed by atoms with Crippen LogP contribution in [0.1, 0.15) is 12.5 Å². The lowest BCUT2D eigenvalue weighted by atomic mass is 10.2. The highest BCUT2D eigenvalue weighted by atomic mass is 32.2. The minimum absolute atomic E-state index is 0.0163. The summed E-state index contributed by atoms with van der Waals surface area (Å²) in [5.41, 5.74) is 0.596. The zero-order chi connectivity index (χ0) is 14.8. The molecule has 1 atom stereocenters. The normalized spacial score (nSPS) is 20.8. The van der Waals surface area contributed by atoms with Crippen molar-refractivity contribution in [2.45, 2.75) is 24.3 Å². The van der Waals surface area contributed by atoms with E-state index in [-0.39, 0.29) is 17.4 Å². The molecule has 0 aromatic heterocycles. The van der Waals surface area contributed by atoms with E-state index in [1.54, 1.807) is 23.9 Å². The van der Waals surface area contributed by atoms with E-state index in [4.69, 9.17) is 5.11 Å². The van der Waals surface area contributed by atoms with Crippen LogP contribution in [-0.4, -0.2) is 47.9 Å². The number of nitrogens with zero attached hydrogens (tertiary/aromatic N) is 1. The van der Waals surface area contributed by atoms with Gasteiger partial charge < -0.3 is 5.11 Å². The number of carboxylic acid groups (broad SMARTS) is 1. The summed E-state index contributed by atoms with van der Waals surface area (Å²) in [7, 11) is -3.48. The highest BCUT2D eigenvalue weighted by Crippen LogP contribution is 2.24. The maximum atomic E-state index is 12.5. The Bertz CT molecular complexity index is 583. The zero-order valence-electron chi connectivity index (χ0n) is 11.2. The second-order valence-corrected chi connectivity index (χ2v) is 7.79. The summed E-state index contributed by atoms with van der Waals surface area (Å²) in [5, 5.41) is 8.71. The summed E-state index contributed by atoms with van der Waals surface area (Å²) < 4.78 is 26.6. The molecule has 1 fully saturated rings. The predicted molar refractivity (Wildman–Crippen MR) is 78.5 cm³/mol. The molecule has 1 aromatic carbocycles. The Kier molecular flexibility index (Phi) is 4.72. The molecular formula is C13H17NO4S2. The van der Waals surface area contributed by atoms with Gasteiger partial charge >= 0.3 is 5.97 Å². The third-order valence-electron chi connectivity index (χ3n) is 3.19. The van der Waals surface area contributed by atoms with E-state index in [0.717, 1.165) is 11.5 Å². The van der Waals surface area contributed by atoms with Crippen LogP contribution in [0.4, 0.5) is 0 Å². The molecule has 0 bridgehead atoms. The van der Waals surface area contributed by atoms with Crippen LogP contribution in [0, 0.1) is 0 Å². The molecule has 0 radical (unpaired) electrons. The van der Waals surface area contributed by atoms with Gasteiger partial charge in [-0.3, -0.25) is 4.79 Å². The fourth-order valence-electron chi connectivity index (χ4n) is 2.16. The van der Waals surface area contributed by atoms with Crippen LogP contribution in [0.15, 0.2) is 29.2 Å². The first kappa shape index (κ1) is 15.3. The van der Waals surface area contributed by atoms with Crippen LogP contribution in [0.2, 0.25) is 0 Å². The summed E-state index contributed by atoms with van der Waals surface area (Å²) in [5.74, 6) is 0.680. The maximum Gasteiger partial charge on any atom is 0.307 e.